The van der Waals surface area contributed by atoms with Crippen molar-refractivity contribution in [2.75, 3.05) is 31.2 Å². The van der Waals surface area contributed by atoms with Crippen LogP contribution in [-0.2, 0) is 24.4 Å². The molecule has 2 rings (SSSR count). The van der Waals surface area contributed by atoms with Crippen molar-refractivity contribution in [1.82, 2.24) is 9.79 Å². The smallest absolute Gasteiger partial charge is 0.414 e. The van der Waals surface area contributed by atoms with Crippen molar-refractivity contribution in [2.24, 2.45) is 5.92 Å². The molecule has 0 saturated heterocycles. The van der Waals surface area contributed by atoms with E-state index in [1.165, 1.54) is 24.3 Å². The van der Waals surface area contributed by atoms with Gasteiger partial charge in [-0.3, -0.25) is 14.5 Å². The van der Waals surface area contributed by atoms with Crippen LogP contribution in [0.4, 0.5) is 10.5 Å². The first-order valence-electron chi connectivity index (χ1n) is 11.7. The molecule has 0 bridgehead atoms. The van der Waals surface area contributed by atoms with Gasteiger partial charge in [0.05, 0.1) is 24.2 Å². The Morgan fingerprint density at radius 1 is 1.18 bits per heavy atom. The number of hydrogen-bond acceptors (Lipinski definition) is 7. The van der Waals surface area contributed by atoms with Gasteiger partial charge in [0.2, 0.25) is 5.91 Å². The number of carbonyl (C=O) groups excluding carboxylic acids is 2. The SMILES string of the molecule is CC(C)COC(=O)N(CC(=O)NCCO)c1cccc(S(=O)(=O)N(OC2CCCC2)C(C)C)c1. The molecule has 0 aromatic heterocycles. The van der Waals surface area contributed by atoms with Crippen LogP contribution in [0.15, 0.2) is 29.2 Å². The summed E-state index contributed by atoms with van der Waals surface area (Å²) < 4.78 is 33.2. The topological polar surface area (TPSA) is 125 Å². The largest absolute Gasteiger partial charge is 0.449 e. The lowest BCUT2D eigenvalue weighted by molar-refractivity contribution is -0.146. The van der Waals surface area contributed by atoms with E-state index in [2.05, 4.69) is 5.32 Å². The molecular formula is C23H37N3O7S. The minimum absolute atomic E-state index is 0.0317. The molecule has 0 aliphatic heterocycles. The molecule has 0 atom stereocenters. The van der Waals surface area contributed by atoms with Gasteiger partial charge in [-0.1, -0.05) is 37.2 Å². The standard InChI is InChI=1S/C23H37N3O7S/c1-17(2)16-32-23(29)25(15-22(28)24-12-13-27)19-8-7-11-21(14-19)34(30,31)26(18(3)4)33-20-9-5-6-10-20/h7-8,11,14,17-18,20,27H,5-6,9-10,12-13,15-16H2,1-4H3,(H,24,28). The van der Waals surface area contributed by atoms with Crippen LogP contribution in [0.5, 0.6) is 0 Å². The van der Waals surface area contributed by atoms with E-state index in [0.29, 0.717) is 0 Å². The number of ether oxygens (including phenoxy) is 1. The van der Waals surface area contributed by atoms with Crippen LogP contribution in [0.3, 0.4) is 0 Å². The molecule has 0 radical (unpaired) electrons. The molecule has 1 fully saturated rings. The number of benzene rings is 1. The quantitative estimate of drug-likeness (QED) is 0.424. The number of hydrogen-bond donors (Lipinski definition) is 2. The molecule has 2 amide bonds. The second-order valence-corrected chi connectivity index (χ2v) is 10.8. The van der Waals surface area contributed by atoms with Crippen molar-refractivity contribution in [1.29, 1.82) is 0 Å². The Kier molecular flexibility index (Phi) is 10.7. The number of aliphatic hydroxyl groups excluding tert-OH is 1. The zero-order valence-corrected chi connectivity index (χ0v) is 21.2. The Hall–Kier alpha value is -2.21. The number of amides is 2. The van der Waals surface area contributed by atoms with Crippen molar-refractivity contribution >= 4 is 27.7 Å². The van der Waals surface area contributed by atoms with E-state index in [0.717, 1.165) is 35.1 Å². The number of hydroxylamine groups is 1. The maximum atomic E-state index is 13.4. The summed E-state index contributed by atoms with van der Waals surface area (Å²) in [5.41, 5.74) is 0.193. The Labute approximate surface area is 202 Å². The number of rotatable bonds is 12. The fourth-order valence-corrected chi connectivity index (χ4v) is 5.00. The predicted molar refractivity (Wildman–Crippen MR) is 128 cm³/mol. The van der Waals surface area contributed by atoms with Crippen molar-refractivity contribution in [3.63, 3.8) is 0 Å². The molecule has 1 aromatic rings. The molecule has 1 saturated carbocycles. The van der Waals surface area contributed by atoms with Gasteiger partial charge in [0.25, 0.3) is 10.0 Å². The number of sulfonamides is 1. The second-order valence-electron chi connectivity index (χ2n) is 8.99. The summed E-state index contributed by atoms with van der Waals surface area (Å²) in [6, 6.07) is 5.36. The average molecular weight is 500 g/mol. The van der Waals surface area contributed by atoms with Crippen molar-refractivity contribution in [2.45, 2.75) is 70.4 Å². The summed E-state index contributed by atoms with van der Waals surface area (Å²) in [7, 11) is -4.04. The summed E-state index contributed by atoms with van der Waals surface area (Å²) >= 11 is 0. The van der Waals surface area contributed by atoms with Crippen LogP contribution < -0.4 is 10.2 Å². The van der Waals surface area contributed by atoms with Gasteiger partial charge in [0.1, 0.15) is 6.54 Å². The number of aliphatic hydroxyl groups is 1. The van der Waals surface area contributed by atoms with Crippen LogP contribution >= 0.6 is 0 Å². The first-order chi connectivity index (χ1) is 16.1. The molecule has 1 aliphatic carbocycles. The van der Waals surface area contributed by atoms with E-state index in [4.69, 9.17) is 14.7 Å². The molecule has 1 aromatic carbocycles. The molecule has 0 heterocycles. The molecule has 0 unspecified atom stereocenters. The fourth-order valence-electron chi connectivity index (χ4n) is 3.48. The third-order valence-electron chi connectivity index (χ3n) is 5.14. The van der Waals surface area contributed by atoms with Crippen LogP contribution in [0.1, 0.15) is 53.4 Å². The van der Waals surface area contributed by atoms with E-state index in [9.17, 15) is 18.0 Å². The first kappa shape index (κ1) is 28.0. The molecule has 34 heavy (non-hydrogen) atoms. The molecular weight excluding hydrogens is 462 g/mol. The Balaban J connectivity index is 2.34. The highest BCUT2D eigenvalue weighted by molar-refractivity contribution is 7.89. The van der Waals surface area contributed by atoms with E-state index in [-0.39, 0.29) is 42.4 Å². The summed E-state index contributed by atoms with van der Waals surface area (Å²) in [5.74, 6) is -0.440. The summed E-state index contributed by atoms with van der Waals surface area (Å²) in [6.45, 7) is 6.75. The molecule has 10 nitrogen and oxygen atoms in total. The highest BCUT2D eigenvalue weighted by Gasteiger charge is 2.33. The average Bonchev–Trinajstić information content (AvgIpc) is 3.31. The third-order valence-corrected chi connectivity index (χ3v) is 6.97. The van der Waals surface area contributed by atoms with Gasteiger partial charge in [-0.05, 0) is 50.8 Å². The summed E-state index contributed by atoms with van der Waals surface area (Å²) in [4.78, 5) is 31.9. The molecule has 2 N–H and O–H groups in total. The Morgan fingerprint density at radius 2 is 1.85 bits per heavy atom. The Morgan fingerprint density at radius 3 is 2.44 bits per heavy atom. The summed E-state index contributed by atoms with van der Waals surface area (Å²) in [5, 5.41) is 11.4. The zero-order chi connectivity index (χ0) is 25.3. The Bertz CT molecular complexity index is 915. The monoisotopic (exact) mass is 499 g/mol. The van der Waals surface area contributed by atoms with E-state index < -0.39 is 34.6 Å². The second kappa shape index (κ2) is 13.0. The van der Waals surface area contributed by atoms with Gasteiger partial charge in [0, 0.05) is 18.3 Å². The van der Waals surface area contributed by atoms with E-state index in [1.54, 1.807) is 13.8 Å². The van der Waals surface area contributed by atoms with Crippen LogP contribution in [0.25, 0.3) is 0 Å². The fraction of sp³-hybridized carbons (Fsp3) is 0.652. The van der Waals surface area contributed by atoms with E-state index in [1.807, 2.05) is 13.8 Å². The number of anilines is 1. The third kappa shape index (κ3) is 7.93. The minimum Gasteiger partial charge on any atom is -0.449 e. The van der Waals surface area contributed by atoms with Gasteiger partial charge in [-0.25, -0.2) is 13.2 Å². The maximum Gasteiger partial charge on any atom is 0.414 e. The van der Waals surface area contributed by atoms with Crippen molar-refractivity contribution in [3.05, 3.63) is 24.3 Å². The highest BCUT2D eigenvalue weighted by atomic mass is 32.2. The molecule has 11 heteroatoms. The van der Waals surface area contributed by atoms with Gasteiger partial charge in [-0.15, -0.1) is 0 Å². The van der Waals surface area contributed by atoms with Gasteiger partial charge in [-0.2, -0.15) is 0 Å². The van der Waals surface area contributed by atoms with Crippen molar-refractivity contribution in [3.8, 4) is 0 Å². The van der Waals surface area contributed by atoms with Gasteiger partial charge >= 0.3 is 6.09 Å². The highest BCUT2D eigenvalue weighted by Crippen LogP contribution is 2.28. The van der Waals surface area contributed by atoms with Crippen LogP contribution in [-0.4, -0.2) is 68.4 Å². The van der Waals surface area contributed by atoms with Gasteiger partial charge < -0.3 is 15.2 Å². The van der Waals surface area contributed by atoms with E-state index >= 15 is 0 Å². The molecule has 192 valence electrons. The molecule has 1 aliphatic rings. The lowest BCUT2D eigenvalue weighted by Gasteiger charge is -2.28. The normalized spacial score (nSPS) is 14.7. The van der Waals surface area contributed by atoms with Gasteiger partial charge in [0.15, 0.2) is 0 Å². The predicted octanol–water partition coefficient (Wildman–Crippen LogP) is 2.67. The maximum absolute atomic E-state index is 13.4. The lowest BCUT2D eigenvalue weighted by Crippen LogP contribution is -2.42. The lowest BCUT2D eigenvalue weighted by atomic mass is 10.2. The number of carbonyl (C=O) groups is 2. The van der Waals surface area contributed by atoms with Crippen LogP contribution in [0.2, 0.25) is 0 Å². The number of nitrogens with one attached hydrogen (secondary N) is 1. The number of nitrogens with zero attached hydrogens (tertiary/aromatic N) is 2. The van der Waals surface area contributed by atoms with Crippen molar-refractivity contribution < 1.29 is 32.7 Å². The minimum atomic E-state index is -4.04. The molecule has 0 spiro atoms. The zero-order valence-electron chi connectivity index (χ0n) is 20.4. The first-order valence-corrected chi connectivity index (χ1v) is 13.1. The summed E-state index contributed by atoms with van der Waals surface area (Å²) in [6.07, 6.45) is 2.67. The van der Waals surface area contributed by atoms with Crippen LogP contribution in [0, 0.1) is 5.92 Å².